The quantitative estimate of drug-likeness (QED) is 0.620. The minimum Gasteiger partial charge on any atom is -0.295 e. The fourth-order valence-electron chi connectivity index (χ4n) is 2.08. The minimum absolute atomic E-state index is 0.458. The van der Waals surface area contributed by atoms with Crippen LogP contribution in [0.3, 0.4) is 0 Å². The number of nitrogens with zero attached hydrogens (tertiary/aromatic N) is 1. The first-order chi connectivity index (χ1) is 5.52. The van der Waals surface area contributed by atoms with Crippen LogP contribution >= 0.6 is 0 Å². The van der Waals surface area contributed by atoms with Crippen LogP contribution in [0.2, 0.25) is 0 Å². The van der Waals surface area contributed by atoms with Gasteiger partial charge in [0.05, 0.1) is 0 Å². The largest absolute Gasteiger partial charge is 0.295 e. The van der Waals surface area contributed by atoms with Crippen LogP contribution in [0.1, 0.15) is 34.1 Å². The molecular weight excluding hydrogens is 153 g/mol. The molecule has 0 aromatic heterocycles. The number of alkyl halides is 1. The summed E-state index contributed by atoms with van der Waals surface area (Å²) in [5, 5.41) is 0. The summed E-state index contributed by atoms with van der Waals surface area (Å²) in [5.74, 6) is 0.577. The highest BCUT2D eigenvalue weighted by molar-refractivity contribution is 4.88. The van der Waals surface area contributed by atoms with Crippen LogP contribution in [-0.4, -0.2) is 29.7 Å². The van der Waals surface area contributed by atoms with Gasteiger partial charge in [-0.05, 0) is 26.2 Å². The van der Waals surface area contributed by atoms with Crippen molar-refractivity contribution in [2.45, 2.75) is 52.4 Å². The molecular formula is C10H20FN. The standard InChI is InChI=1S/C10H20FN/c1-7(2)10-5-9(11)6-12(10)8(3)4/h7-10H,5-6H2,1-4H3/t9-,10-/m0/s1. The topological polar surface area (TPSA) is 3.24 Å². The number of halogens is 1. The molecule has 1 saturated heterocycles. The molecule has 1 aliphatic heterocycles. The van der Waals surface area contributed by atoms with Gasteiger partial charge < -0.3 is 0 Å². The molecule has 1 nitrogen and oxygen atoms in total. The number of rotatable bonds is 2. The molecule has 0 unspecified atom stereocenters. The average Bonchev–Trinajstić information content (AvgIpc) is 2.31. The van der Waals surface area contributed by atoms with E-state index in [0.29, 0.717) is 24.5 Å². The molecule has 0 radical (unpaired) electrons. The number of hydrogen-bond donors (Lipinski definition) is 0. The summed E-state index contributed by atoms with van der Waals surface area (Å²) in [6.45, 7) is 9.29. The van der Waals surface area contributed by atoms with Gasteiger partial charge in [0, 0.05) is 18.6 Å². The lowest BCUT2D eigenvalue weighted by atomic mass is 10.0. The summed E-state index contributed by atoms with van der Waals surface area (Å²) >= 11 is 0. The third kappa shape index (κ3) is 1.98. The zero-order chi connectivity index (χ0) is 9.30. The van der Waals surface area contributed by atoms with Gasteiger partial charge in [-0.3, -0.25) is 4.90 Å². The summed E-state index contributed by atoms with van der Waals surface area (Å²) < 4.78 is 13.1. The molecule has 0 aromatic carbocycles. The molecule has 1 aliphatic rings. The molecule has 0 spiro atoms. The second-order valence-corrected chi connectivity index (χ2v) is 4.43. The normalized spacial score (nSPS) is 32.2. The van der Waals surface area contributed by atoms with E-state index in [1.54, 1.807) is 0 Å². The van der Waals surface area contributed by atoms with Crippen molar-refractivity contribution in [2.24, 2.45) is 5.92 Å². The van der Waals surface area contributed by atoms with Crippen molar-refractivity contribution in [1.82, 2.24) is 4.90 Å². The van der Waals surface area contributed by atoms with E-state index in [1.807, 2.05) is 0 Å². The first kappa shape index (κ1) is 9.97. The highest BCUT2D eigenvalue weighted by Gasteiger charge is 2.34. The van der Waals surface area contributed by atoms with E-state index in [9.17, 15) is 4.39 Å². The first-order valence-electron chi connectivity index (χ1n) is 4.92. The monoisotopic (exact) mass is 173 g/mol. The van der Waals surface area contributed by atoms with Gasteiger partial charge in [0.15, 0.2) is 0 Å². The van der Waals surface area contributed by atoms with Crippen LogP contribution in [0, 0.1) is 5.92 Å². The lowest BCUT2D eigenvalue weighted by Crippen LogP contribution is -2.38. The third-order valence-electron chi connectivity index (χ3n) is 2.76. The highest BCUT2D eigenvalue weighted by Crippen LogP contribution is 2.27. The molecule has 0 amide bonds. The Kier molecular flexibility index (Phi) is 3.10. The molecule has 1 rings (SSSR count). The maximum atomic E-state index is 13.1. The maximum absolute atomic E-state index is 13.1. The van der Waals surface area contributed by atoms with Gasteiger partial charge in [-0.2, -0.15) is 0 Å². The van der Waals surface area contributed by atoms with E-state index >= 15 is 0 Å². The smallest absolute Gasteiger partial charge is 0.114 e. The fourth-order valence-corrected chi connectivity index (χ4v) is 2.08. The van der Waals surface area contributed by atoms with Crippen LogP contribution in [0.25, 0.3) is 0 Å². The van der Waals surface area contributed by atoms with E-state index in [2.05, 4.69) is 32.6 Å². The van der Waals surface area contributed by atoms with Crippen molar-refractivity contribution < 1.29 is 4.39 Å². The number of likely N-dealkylation sites (tertiary alicyclic amines) is 1. The Balaban J connectivity index is 2.59. The van der Waals surface area contributed by atoms with Crippen molar-refractivity contribution in [2.75, 3.05) is 6.54 Å². The Hall–Kier alpha value is -0.110. The van der Waals surface area contributed by atoms with Crippen molar-refractivity contribution >= 4 is 0 Å². The first-order valence-corrected chi connectivity index (χ1v) is 4.92. The van der Waals surface area contributed by atoms with Crippen molar-refractivity contribution in [3.05, 3.63) is 0 Å². The summed E-state index contributed by atoms with van der Waals surface area (Å²) in [5.41, 5.74) is 0. The Labute approximate surface area is 74.9 Å². The molecule has 0 N–H and O–H groups in total. The predicted octanol–water partition coefficient (Wildman–Crippen LogP) is 2.46. The second-order valence-electron chi connectivity index (χ2n) is 4.43. The van der Waals surface area contributed by atoms with E-state index in [4.69, 9.17) is 0 Å². The lowest BCUT2D eigenvalue weighted by molar-refractivity contribution is 0.162. The van der Waals surface area contributed by atoms with Gasteiger partial charge in [-0.1, -0.05) is 13.8 Å². The molecule has 1 fully saturated rings. The Bertz CT molecular complexity index is 129. The van der Waals surface area contributed by atoms with Crippen molar-refractivity contribution in [3.8, 4) is 0 Å². The van der Waals surface area contributed by atoms with Gasteiger partial charge in [0.1, 0.15) is 6.17 Å². The van der Waals surface area contributed by atoms with Crippen LogP contribution in [-0.2, 0) is 0 Å². The summed E-state index contributed by atoms with van der Waals surface area (Å²) in [6.07, 6.45) is 0.135. The van der Waals surface area contributed by atoms with Crippen LogP contribution in [0.5, 0.6) is 0 Å². The molecule has 12 heavy (non-hydrogen) atoms. The molecule has 1 heterocycles. The molecule has 0 saturated carbocycles. The molecule has 2 atom stereocenters. The zero-order valence-electron chi connectivity index (χ0n) is 8.55. The van der Waals surface area contributed by atoms with E-state index in [-0.39, 0.29) is 0 Å². The van der Waals surface area contributed by atoms with Crippen molar-refractivity contribution in [1.29, 1.82) is 0 Å². The fraction of sp³-hybridized carbons (Fsp3) is 1.00. The lowest BCUT2D eigenvalue weighted by Gasteiger charge is -2.30. The van der Waals surface area contributed by atoms with E-state index in [0.717, 1.165) is 6.42 Å². The van der Waals surface area contributed by atoms with Gasteiger partial charge in [-0.15, -0.1) is 0 Å². The molecule has 2 heteroatoms. The van der Waals surface area contributed by atoms with Crippen LogP contribution in [0.15, 0.2) is 0 Å². The minimum atomic E-state index is -0.597. The maximum Gasteiger partial charge on any atom is 0.114 e. The second kappa shape index (κ2) is 3.73. The average molecular weight is 173 g/mol. The zero-order valence-corrected chi connectivity index (χ0v) is 8.55. The van der Waals surface area contributed by atoms with Gasteiger partial charge in [0.2, 0.25) is 0 Å². The molecule has 0 aromatic rings. The van der Waals surface area contributed by atoms with Crippen LogP contribution < -0.4 is 0 Å². The van der Waals surface area contributed by atoms with E-state index < -0.39 is 6.17 Å². The van der Waals surface area contributed by atoms with Crippen molar-refractivity contribution in [3.63, 3.8) is 0 Å². The van der Waals surface area contributed by atoms with Gasteiger partial charge in [0.25, 0.3) is 0 Å². The Morgan fingerprint density at radius 3 is 2.17 bits per heavy atom. The van der Waals surface area contributed by atoms with E-state index in [1.165, 1.54) is 0 Å². The summed E-state index contributed by atoms with van der Waals surface area (Å²) in [4.78, 5) is 2.29. The van der Waals surface area contributed by atoms with Crippen LogP contribution in [0.4, 0.5) is 4.39 Å². The Morgan fingerprint density at radius 1 is 1.25 bits per heavy atom. The molecule has 72 valence electrons. The summed E-state index contributed by atoms with van der Waals surface area (Å²) in [7, 11) is 0. The van der Waals surface area contributed by atoms with Gasteiger partial charge >= 0.3 is 0 Å². The molecule has 0 bridgehead atoms. The SMILES string of the molecule is CC(C)[C@@H]1C[C@H](F)CN1C(C)C. The predicted molar refractivity (Wildman–Crippen MR) is 50.0 cm³/mol. The highest BCUT2D eigenvalue weighted by atomic mass is 19.1. The summed E-state index contributed by atoms with van der Waals surface area (Å²) in [6, 6.07) is 0.943. The molecule has 0 aliphatic carbocycles. The Morgan fingerprint density at radius 2 is 1.83 bits per heavy atom. The third-order valence-corrected chi connectivity index (χ3v) is 2.76. The van der Waals surface area contributed by atoms with Gasteiger partial charge in [-0.25, -0.2) is 4.39 Å². The number of hydrogen-bond acceptors (Lipinski definition) is 1.